The van der Waals surface area contributed by atoms with Crippen molar-refractivity contribution in [2.24, 2.45) is 11.8 Å². The van der Waals surface area contributed by atoms with Gasteiger partial charge in [0.1, 0.15) is 0 Å². The third-order valence-corrected chi connectivity index (χ3v) is 5.47. The van der Waals surface area contributed by atoms with Crippen molar-refractivity contribution in [1.29, 1.82) is 0 Å². The summed E-state index contributed by atoms with van der Waals surface area (Å²) in [6, 6.07) is 0. The third-order valence-electron chi connectivity index (χ3n) is 5.47. The first kappa shape index (κ1) is 12.5. The van der Waals surface area contributed by atoms with E-state index in [1.165, 1.54) is 77.0 Å². The number of hydrogen-bond donors (Lipinski definition) is 0. The topological polar surface area (TPSA) is 0 Å². The van der Waals surface area contributed by atoms with Crippen LogP contribution >= 0.6 is 0 Å². The summed E-state index contributed by atoms with van der Waals surface area (Å²) in [6.45, 7) is 0. The summed E-state index contributed by atoms with van der Waals surface area (Å²) in [4.78, 5) is 0. The molecule has 0 N–H and O–H groups in total. The van der Waals surface area contributed by atoms with Crippen LogP contribution in [0.3, 0.4) is 0 Å². The smallest absolute Gasteiger partial charge is 0.0200 e. The average molecular weight is 244 g/mol. The summed E-state index contributed by atoms with van der Waals surface area (Å²) in [7, 11) is 0. The molecule has 0 saturated heterocycles. The Morgan fingerprint density at radius 3 is 1.28 bits per heavy atom. The normalized spacial score (nSPS) is 27.8. The molecule has 0 heterocycles. The Kier molecular flexibility index (Phi) is 4.23. The van der Waals surface area contributed by atoms with Crippen LogP contribution in [0.1, 0.15) is 77.0 Å². The van der Waals surface area contributed by atoms with E-state index in [4.69, 9.17) is 0 Å². The largest absolute Gasteiger partial charge is 0.0668 e. The molecule has 18 heavy (non-hydrogen) atoms. The van der Waals surface area contributed by atoms with E-state index >= 15 is 0 Å². The molecule has 0 nitrogen and oxygen atoms in total. The van der Waals surface area contributed by atoms with E-state index in [0.717, 1.165) is 11.8 Å². The highest BCUT2D eigenvalue weighted by Gasteiger charge is 2.22. The second-order valence-electron chi connectivity index (χ2n) is 6.65. The minimum absolute atomic E-state index is 0.947. The first-order valence-electron chi connectivity index (χ1n) is 8.33. The standard InChI is InChI=1S/C18H28/c1-3-7-15(8-4-1)17-11-13-18(14-12-17)16-9-5-2-6-10-16/h11,13,15-16H,1-10,12,14H2. The summed E-state index contributed by atoms with van der Waals surface area (Å²) < 4.78 is 0. The van der Waals surface area contributed by atoms with Gasteiger partial charge in [-0.1, -0.05) is 61.8 Å². The summed E-state index contributed by atoms with van der Waals surface area (Å²) >= 11 is 0. The summed E-state index contributed by atoms with van der Waals surface area (Å²) in [5.41, 5.74) is 3.57. The lowest BCUT2D eigenvalue weighted by Crippen LogP contribution is -2.14. The Labute approximate surface area is 113 Å². The minimum Gasteiger partial charge on any atom is -0.0668 e. The molecule has 0 heteroatoms. The van der Waals surface area contributed by atoms with Crippen LogP contribution in [-0.4, -0.2) is 0 Å². The Bertz CT molecular complexity index is 288. The predicted octanol–water partition coefficient (Wildman–Crippen LogP) is 5.79. The SMILES string of the molecule is C1=C(C2CCCCC2)CCC(C2CCCCC2)=C1. The van der Waals surface area contributed by atoms with E-state index < -0.39 is 0 Å². The zero-order valence-electron chi connectivity index (χ0n) is 11.8. The monoisotopic (exact) mass is 244 g/mol. The molecule has 3 rings (SSSR count). The second kappa shape index (κ2) is 6.08. The molecule has 0 unspecified atom stereocenters. The van der Waals surface area contributed by atoms with Gasteiger partial charge in [-0.25, -0.2) is 0 Å². The lowest BCUT2D eigenvalue weighted by molar-refractivity contribution is 0.378. The van der Waals surface area contributed by atoms with Gasteiger partial charge in [-0.3, -0.25) is 0 Å². The molecule has 0 radical (unpaired) electrons. The summed E-state index contributed by atoms with van der Waals surface area (Å²) in [5.74, 6) is 1.89. The van der Waals surface area contributed by atoms with Gasteiger partial charge in [-0.15, -0.1) is 0 Å². The van der Waals surface area contributed by atoms with Gasteiger partial charge in [-0.05, 0) is 50.4 Å². The van der Waals surface area contributed by atoms with Gasteiger partial charge in [0.25, 0.3) is 0 Å². The quantitative estimate of drug-likeness (QED) is 0.576. The first-order valence-corrected chi connectivity index (χ1v) is 8.33. The van der Waals surface area contributed by atoms with Crippen LogP contribution in [0.15, 0.2) is 23.3 Å². The van der Waals surface area contributed by atoms with Gasteiger partial charge in [-0.2, -0.15) is 0 Å². The molecule has 0 bridgehead atoms. The van der Waals surface area contributed by atoms with Crippen molar-refractivity contribution in [3.05, 3.63) is 23.3 Å². The Morgan fingerprint density at radius 1 is 0.556 bits per heavy atom. The lowest BCUT2D eigenvalue weighted by Gasteiger charge is -2.30. The van der Waals surface area contributed by atoms with Gasteiger partial charge in [0.05, 0.1) is 0 Å². The van der Waals surface area contributed by atoms with E-state index in [0.29, 0.717) is 0 Å². The van der Waals surface area contributed by atoms with Crippen molar-refractivity contribution in [3.8, 4) is 0 Å². The van der Waals surface area contributed by atoms with Crippen LogP contribution in [0.2, 0.25) is 0 Å². The highest BCUT2D eigenvalue weighted by atomic mass is 14.3. The average Bonchev–Trinajstić information content (AvgIpc) is 2.49. The van der Waals surface area contributed by atoms with Crippen molar-refractivity contribution in [3.63, 3.8) is 0 Å². The maximum Gasteiger partial charge on any atom is -0.0200 e. The van der Waals surface area contributed by atoms with Crippen molar-refractivity contribution < 1.29 is 0 Å². The Hall–Kier alpha value is -0.520. The molecule has 2 fully saturated rings. The molecule has 0 spiro atoms. The molecule has 100 valence electrons. The molecule has 3 aliphatic rings. The zero-order valence-corrected chi connectivity index (χ0v) is 11.8. The molecule has 0 aromatic rings. The van der Waals surface area contributed by atoms with E-state index in [1.807, 2.05) is 0 Å². The van der Waals surface area contributed by atoms with Crippen molar-refractivity contribution in [1.82, 2.24) is 0 Å². The fourth-order valence-electron chi connectivity index (χ4n) is 4.30. The van der Waals surface area contributed by atoms with Crippen LogP contribution in [0.25, 0.3) is 0 Å². The molecule has 0 aromatic heterocycles. The second-order valence-corrected chi connectivity index (χ2v) is 6.65. The minimum atomic E-state index is 0.947. The molecule has 0 aromatic carbocycles. The predicted molar refractivity (Wildman–Crippen MR) is 78.6 cm³/mol. The lowest BCUT2D eigenvalue weighted by atomic mass is 9.76. The maximum absolute atomic E-state index is 2.52. The van der Waals surface area contributed by atoms with Gasteiger partial charge >= 0.3 is 0 Å². The molecule has 0 aliphatic heterocycles. The summed E-state index contributed by atoms with van der Waals surface area (Å²) in [6.07, 6.45) is 22.5. The van der Waals surface area contributed by atoms with Crippen molar-refractivity contribution >= 4 is 0 Å². The first-order chi connectivity index (χ1) is 8.93. The highest BCUT2D eigenvalue weighted by molar-refractivity contribution is 5.27. The molecule has 3 aliphatic carbocycles. The van der Waals surface area contributed by atoms with Crippen LogP contribution in [0.5, 0.6) is 0 Å². The van der Waals surface area contributed by atoms with Gasteiger partial charge in [0.2, 0.25) is 0 Å². The fourth-order valence-corrected chi connectivity index (χ4v) is 4.30. The van der Waals surface area contributed by atoms with Gasteiger partial charge < -0.3 is 0 Å². The summed E-state index contributed by atoms with van der Waals surface area (Å²) in [5, 5.41) is 0. The molecule has 2 saturated carbocycles. The van der Waals surface area contributed by atoms with Crippen LogP contribution in [0.4, 0.5) is 0 Å². The van der Waals surface area contributed by atoms with Crippen LogP contribution < -0.4 is 0 Å². The Morgan fingerprint density at radius 2 is 0.944 bits per heavy atom. The van der Waals surface area contributed by atoms with E-state index in [2.05, 4.69) is 12.2 Å². The van der Waals surface area contributed by atoms with Gasteiger partial charge in [0, 0.05) is 0 Å². The Balaban J connectivity index is 1.62. The zero-order chi connectivity index (χ0) is 12.2. The maximum atomic E-state index is 2.52. The molecule has 0 amide bonds. The van der Waals surface area contributed by atoms with E-state index in [9.17, 15) is 0 Å². The molecular formula is C18H28. The van der Waals surface area contributed by atoms with Crippen molar-refractivity contribution in [2.45, 2.75) is 77.0 Å². The van der Waals surface area contributed by atoms with E-state index in [-0.39, 0.29) is 0 Å². The number of allylic oxidation sites excluding steroid dienone is 4. The van der Waals surface area contributed by atoms with Gasteiger partial charge in [0.15, 0.2) is 0 Å². The third kappa shape index (κ3) is 2.90. The fraction of sp³-hybridized carbons (Fsp3) is 0.778. The van der Waals surface area contributed by atoms with Crippen molar-refractivity contribution in [2.75, 3.05) is 0 Å². The number of rotatable bonds is 2. The highest BCUT2D eigenvalue weighted by Crippen LogP contribution is 2.38. The van der Waals surface area contributed by atoms with Crippen LogP contribution in [0, 0.1) is 11.8 Å². The number of hydrogen-bond acceptors (Lipinski definition) is 0. The molecule has 0 atom stereocenters. The molecular weight excluding hydrogens is 216 g/mol. The van der Waals surface area contributed by atoms with E-state index in [1.54, 1.807) is 11.1 Å². The van der Waals surface area contributed by atoms with Crippen LogP contribution in [-0.2, 0) is 0 Å².